The van der Waals surface area contributed by atoms with Crippen LogP contribution in [0.1, 0.15) is 30.8 Å². The first-order valence-corrected chi connectivity index (χ1v) is 7.37. The van der Waals surface area contributed by atoms with E-state index in [1.165, 1.54) is 0 Å². The maximum absolute atomic E-state index is 12.4. The molecule has 3 rings (SSSR count). The van der Waals surface area contributed by atoms with E-state index in [0.717, 1.165) is 30.0 Å². The van der Waals surface area contributed by atoms with Gasteiger partial charge >= 0.3 is 0 Å². The van der Waals surface area contributed by atoms with Crippen molar-refractivity contribution in [2.75, 3.05) is 13.1 Å². The Morgan fingerprint density at radius 3 is 2.55 bits per heavy atom. The summed E-state index contributed by atoms with van der Waals surface area (Å²) in [6.07, 6.45) is 0. The first-order chi connectivity index (χ1) is 9.40. The predicted molar refractivity (Wildman–Crippen MR) is 78.2 cm³/mol. The van der Waals surface area contributed by atoms with Crippen molar-refractivity contribution in [3.8, 4) is 0 Å². The van der Waals surface area contributed by atoms with Gasteiger partial charge in [-0.1, -0.05) is 6.07 Å². The third-order valence-electron chi connectivity index (χ3n) is 4.73. The molecule has 1 aromatic heterocycles. The highest BCUT2D eigenvalue weighted by Gasteiger charge is 2.57. The number of nitrogens with zero attached hydrogens (tertiary/aromatic N) is 1. The molecule has 2 fully saturated rings. The zero-order chi connectivity index (χ0) is 14.5. The van der Waals surface area contributed by atoms with E-state index in [0.29, 0.717) is 11.8 Å². The summed E-state index contributed by atoms with van der Waals surface area (Å²) >= 11 is 0. The molecule has 2 N–H and O–H groups in total. The minimum absolute atomic E-state index is 0.200. The van der Waals surface area contributed by atoms with Crippen molar-refractivity contribution in [3.63, 3.8) is 0 Å². The van der Waals surface area contributed by atoms with E-state index in [2.05, 4.69) is 35.5 Å². The fourth-order valence-corrected chi connectivity index (χ4v) is 3.61. The fraction of sp³-hybridized carbons (Fsp3) is 0.625. The van der Waals surface area contributed by atoms with Crippen molar-refractivity contribution < 1.29 is 4.79 Å². The SMILES string of the molecule is Cc1ccc(C(C)(C)NC(=O)C2[C@H]3CNC[C@@H]23)c(C)n1. The van der Waals surface area contributed by atoms with Crippen molar-refractivity contribution in [1.29, 1.82) is 0 Å². The van der Waals surface area contributed by atoms with Gasteiger partial charge in [-0.2, -0.15) is 0 Å². The number of carbonyl (C=O) groups is 1. The van der Waals surface area contributed by atoms with Gasteiger partial charge in [0.05, 0.1) is 5.54 Å². The van der Waals surface area contributed by atoms with Crippen molar-refractivity contribution in [2.24, 2.45) is 17.8 Å². The molecule has 1 aliphatic carbocycles. The quantitative estimate of drug-likeness (QED) is 0.878. The van der Waals surface area contributed by atoms with Crippen LogP contribution in [0.5, 0.6) is 0 Å². The van der Waals surface area contributed by atoms with Crippen LogP contribution in [0, 0.1) is 31.6 Å². The number of hydrogen-bond donors (Lipinski definition) is 2. The molecule has 1 saturated heterocycles. The Kier molecular flexibility index (Phi) is 3.09. The van der Waals surface area contributed by atoms with Crippen LogP contribution in [0.15, 0.2) is 12.1 Å². The van der Waals surface area contributed by atoms with Crippen LogP contribution in [-0.2, 0) is 10.3 Å². The Hall–Kier alpha value is -1.42. The van der Waals surface area contributed by atoms with Crippen LogP contribution in [0.4, 0.5) is 0 Å². The van der Waals surface area contributed by atoms with Gasteiger partial charge in [-0.05, 0) is 64.3 Å². The summed E-state index contributed by atoms with van der Waals surface area (Å²) < 4.78 is 0. The summed E-state index contributed by atoms with van der Waals surface area (Å²) in [4.78, 5) is 16.9. The molecule has 4 heteroatoms. The van der Waals surface area contributed by atoms with Crippen molar-refractivity contribution in [3.05, 3.63) is 29.1 Å². The number of nitrogens with one attached hydrogen (secondary N) is 2. The summed E-state index contributed by atoms with van der Waals surface area (Å²) in [5, 5.41) is 6.54. The molecular formula is C16H23N3O. The van der Waals surface area contributed by atoms with Gasteiger partial charge in [0.2, 0.25) is 5.91 Å². The van der Waals surface area contributed by atoms with Gasteiger partial charge in [0.15, 0.2) is 0 Å². The minimum atomic E-state index is -0.369. The van der Waals surface area contributed by atoms with E-state index in [1.54, 1.807) is 0 Å². The van der Waals surface area contributed by atoms with Gasteiger partial charge in [0, 0.05) is 17.3 Å². The molecule has 0 radical (unpaired) electrons. The van der Waals surface area contributed by atoms with E-state index >= 15 is 0 Å². The van der Waals surface area contributed by atoms with Gasteiger partial charge in [-0.3, -0.25) is 9.78 Å². The number of carbonyl (C=O) groups excluding carboxylic acids is 1. The number of fused-ring (bicyclic) bond motifs is 1. The highest BCUT2D eigenvalue weighted by molar-refractivity contribution is 5.83. The summed E-state index contributed by atoms with van der Waals surface area (Å²) in [6.45, 7) is 10.1. The molecule has 0 spiro atoms. The standard InChI is InChI=1S/C16H23N3O/c1-9-5-6-13(10(2)18-9)16(3,4)19-15(20)14-11-7-17-8-12(11)14/h5-6,11-12,14,17H,7-8H2,1-4H3,(H,19,20)/t11-,12+,14?. The Morgan fingerprint density at radius 1 is 1.30 bits per heavy atom. The van der Waals surface area contributed by atoms with Crippen LogP contribution in [0.2, 0.25) is 0 Å². The third-order valence-corrected chi connectivity index (χ3v) is 4.73. The lowest BCUT2D eigenvalue weighted by Gasteiger charge is -2.28. The van der Waals surface area contributed by atoms with E-state index in [9.17, 15) is 4.79 Å². The molecule has 108 valence electrons. The highest BCUT2D eigenvalue weighted by Crippen LogP contribution is 2.49. The van der Waals surface area contributed by atoms with Crippen molar-refractivity contribution in [2.45, 2.75) is 33.2 Å². The second-order valence-electron chi connectivity index (χ2n) is 6.71. The largest absolute Gasteiger partial charge is 0.347 e. The lowest BCUT2D eigenvalue weighted by molar-refractivity contribution is -0.124. The van der Waals surface area contributed by atoms with E-state index in [-0.39, 0.29) is 17.4 Å². The summed E-state index contributed by atoms with van der Waals surface area (Å²) in [7, 11) is 0. The van der Waals surface area contributed by atoms with Crippen LogP contribution >= 0.6 is 0 Å². The number of hydrogen-bond acceptors (Lipinski definition) is 3. The number of amides is 1. The molecule has 2 aliphatic rings. The highest BCUT2D eigenvalue weighted by atomic mass is 16.2. The predicted octanol–water partition coefficient (Wildman–Crippen LogP) is 1.52. The van der Waals surface area contributed by atoms with E-state index < -0.39 is 0 Å². The molecule has 1 amide bonds. The minimum Gasteiger partial charge on any atom is -0.347 e. The van der Waals surface area contributed by atoms with Crippen LogP contribution < -0.4 is 10.6 Å². The Bertz CT molecular complexity index is 543. The average molecular weight is 273 g/mol. The maximum atomic E-state index is 12.4. The number of aryl methyl sites for hydroxylation is 2. The monoisotopic (exact) mass is 273 g/mol. The molecule has 2 heterocycles. The van der Waals surface area contributed by atoms with Gasteiger partial charge in [-0.15, -0.1) is 0 Å². The van der Waals surface area contributed by atoms with E-state index in [4.69, 9.17) is 0 Å². The van der Waals surface area contributed by atoms with Crippen LogP contribution in [-0.4, -0.2) is 24.0 Å². The molecular weight excluding hydrogens is 250 g/mol. The van der Waals surface area contributed by atoms with E-state index in [1.807, 2.05) is 19.9 Å². The number of pyridine rings is 1. The first kappa shape index (κ1) is 13.6. The second-order valence-corrected chi connectivity index (χ2v) is 6.71. The summed E-state index contributed by atoms with van der Waals surface area (Å²) in [6, 6.07) is 4.08. The van der Waals surface area contributed by atoms with Crippen molar-refractivity contribution >= 4 is 5.91 Å². The fourth-order valence-electron chi connectivity index (χ4n) is 3.61. The zero-order valence-electron chi connectivity index (χ0n) is 12.7. The summed E-state index contributed by atoms with van der Waals surface area (Å²) in [5.74, 6) is 1.53. The third kappa shape index (κ3) is 2.22. The molecule has 3 atom stereocenters. The molecule has 0 bridgehead atoms. The van der Waals surface area contributed by atoms with Gasteiger partial charge in [0.1, 0.15) is 0 Å². The number of rotatable bonds is 3. The average Bonchev–Trinajstić information content (AvgIpc) is 2.83. The first-order valence-electron chi connectivity index (χ1n) is 7.37. The number of piperidine rings is 1. The normalized spacial score (nSPS) is 28.1. The van der Waals surface area contributed by atoms with Gasteiger partial charge in [0.25, 0.3) is 0 Å². The Balaban J connectivity index is 1.73. The Labute approximate surface area is 120 Å². The van der Waals surface area contributed by atoms with Crippen molar-refractivity contribution in [1.82, 2.24) is 15.6 Å². The van der Waals surface area contributed by atoms with Crippen LogP contribution in [0.25, 0.3) is 0 Å². The molecule has 1 saturated carbocycles. The maximum Gasteiger partial charge on any atom is 0.224 e. The summed E-state index contributed by atoms with van der Waals surface area (Å²) in [5.41, 5.74) is 2.73. The molecule has 0 aromatic carbocycles. The number of aromatic nitrogens is 1. The van der Waals surface area contributed by atoms with Crippen LogP contribution in [0.3, 0.4) is 0 Å². The molecule has 1 aromatic rings. The Morgan fingerprint density at radius 2 is 1.95 bits per heavy atom. The molecule has 4 nitrogen and oxygen atoms in total. The molecule has 20 heavy (non-hydrogen) atoms. The molecule has 1 aliphatic heterocycles. The lowest BCUT2D eigenvalue weighted by atomic mass is 9.92. The lowest BCUT2D eigenvalue weighted by Crippen LogP contribution is -2.43. The zero-order valence-corrected chi connectivity index (χ0v) is 12.7. The smallest absolute Gasteiger partial charge is 0.224 e. The van der Waals surface area contributed by atoms with Gasteiger partial charge < -0.3 is 10.6 Å². The van der Waals surface area contributed by atoms with Gasteiger partial charge in [-0.25, -0.2) is 0 Å². The topological polar surface area (TPSA) is 54.0 Å². The second kappa shape index (κ2) is 4.55. The molecule has 1 unspecified atom stereocenters.